The van der Waals surface area contributed by atoms with Crippen LogP contribution in [0.1, 0.15) is 50.8 Å². The number of nitrogens with one attached hydrogen (secondary N) is 1. The lowest BCUT2D eigenvalue weighted by atomic mass is 9.81. The summed E-state index contributed by atoms with van der Waals surface area (Å²) in [6, 6.07) is 7.37. The van der Waals surface area contributed by atoms with E-state index >= 15 is 0 Å². The molecule has 1 aromatic rings. The van der Waals surface area contributed by atoms with Crippen LogP contribution < -0.4 is 5.32 Å². The van der Waals surface area contributed by atoms with E-state index in [1.54, 1.807) is 0 Å². The maximum atomic E-state index is 3.51. The Morgan fingerprint density at radius 2 is 1.83 bits per heavy atom. The van der Waals surface area contributed by atoms with Crippen molar-refractivity contribution in [3.8, 4) is 0 Å². The molecule has 0 amide bonds. The summed E-state index contributed by atoms with van der Waals surface area (Å²) in [6.07, 6.45) is 2.39. The normalized spacial score (nSPS) is 12.2. The lowest BCUT2D eigenvalue weighted by Gasteiger charge is -2.26. The molecule has 0 saturated carbocycles. The second-order valence-electron chi connectivity index (χ2n) is 6.63. The molecule has 0 spiro atoms. The van der Waals surface area contributed by atoms with Gasteiger partial charge in [0.2, 0.25) is 0 Å². The highest BCUT2D eigenvalue weighted by atomic mass is 14.9. The van der Waals surface area contributed by atoms with Crippen molar-refractivity contribution >= 4 is 0 Å². The molecule has 0 unspecified atom stereocenters. The highest BCUT2D eigenvalue weighted by molar-refractivity contribution is 5.31. The van der Waals surface area contributed by atoms with E-state index < -0.39 is 0 Å². The molecular formula is C17H29N. The molecular weight excluding hydrogens is 218 g/mol. The zero-order valence-corrected chi connectivity index (χ0v) is 12.9. The summed E-state index contributed by atoms with van der Waals surface area (Å²) in [4.78, 5) is 0. The molecule has 1 nitrogen and oxygen atoms in total. The predicted molar refractivity (Wildman–Crippen MR) is 81.2 cm³/mol. The molecule has 0 heterocycles. The minimum absolute atomic E-state index is 0.362. The first-order valence-corrected chi connectivity index (χ1v) is 7.10. The summed E-state index contributed by atoms with van der Waals surface area (Å²) >= 11 is 0. The van der Waals surface area contributed by atoms with Crippen LogP contribution in [0, 0.1) is 19.3 Å². The van der Waals surface area contributed by atoms with Gasteiger partial charge < -0.3 is 5.32 Å². The third-order valence-corrected chi connectivity index (χ3v) is 3.53. The average molecular weight is 247 g/mol. The van der Waals surface area contributed by atoms with Gasteiger partial charge in [0, 0.05) is 6.04 Å². The van der Waals surface area contributed by atoms with Gasteiger partial charge in [-0.25, -0.2) is 0 Å². The fraction of sp³-hybridized carbons (Fsp3) is 0.647. The SMILES string of the molecule is Cc1ccc(C)c(CC(C)(C)CCNC(C)C)c1. The van der Waals surface area contributed by atoms with Gasteiger partial charge in [-0.15, -0.1) is 0 Å². The summed E-state index contributed by atoms with van der Waals surface area (Å²) in [5.41, 5.74) is 4.65. The smallest absolute Gasteiger partial charge is 0.00103 e. The summed E-state index contributed by atoms with van der Waals surface area (Å²) in [5, 5.41) is 3.51. The molecule has 0 radical (unpaired) electrons. The van der Waals surface area contributed by atoms with Crippen molar-refractivity contribution in [2.45, 2.75) is 60.4 Å². The highest BCUT2D eigenvalue weighted by Crippen LogP contribution is 2.27. The number of benzene rings is 1. The maximum Gasteiger partial charge on any atom is 0.00103 e. The van der Waals surface area contributed by atoms with Crippen LogP contribution >= 0.6 is 0 Å². The molecule has 1 rings (SSSR count). The van der Waals surface area contributed by atoms with E-state index in [1.807, 2.05) is 0 Å². The molecule has 0 fully saturated rings. The Morgan fingerprint density at radius 1 is 1.17 bits per heavy atom. The lowest BCUT2D eigenvalue weighted by Crippen LogP contribution is -2.28. The third-order valence-electron chi connectivity index (χ3n) is 3.53. The number of hydrogen-bond acceptors (Lipinski definition) is 1. The van der Waals surface area contributed by atoms with Crippen LogP contribution in [0.15, 0.2) is 18.2 Å². The molecule has 1 N–H and O–H groups in total. The van der Waals surface area contributed by atoms with Gasteiger partial charge in [0.1, 0.15) is 0 Å². The molecule has 0 aromatic heterocycles. The van der Waals surface area contributed by atoms with Crippen molar-refractivity contribution in [1.29, 1.82) is 0 Å². The van der Waals surface area contributed by atoms with Crippen molar-refractivity contribution in [1.82, 2.24) is 5.32 Å². The largest absolute Gasteiger partial charge is 0.315 e. The summed E-state index contributed by atoms with van der Waals surface area (Å²) in [5.74, 6) is 0. The zero-order chi connectivity index (χ0) is 13.8. The zero-order valence-electron chi connectivity index (χ0n) is 12.9. The van der Waals surface area contributed by atoms with Gasteiger partial charge in [-0.2, -0.15) is 0 Å². The van der Waals surface area contributed by atoms with Gasteiger partial charge >= 0.3 is 0 Å². The Kier molecular flexibility index (Phi) is 5.40. The van der Waals surface area contributed by atoms with Gasteiger partial charge in [-0.05, 0) is 49.8 Å². The first-order chi connectivity index (χ1) is 8.30. The minimum atomic E-state index is 0.362. The van der Waals surface area contributed by atoms with Crippen LogP contribution in [0.2, 0.25) is 0 Å². The summed E-state index contributed by atoms with van der Waals surface area (Å²) < 4.78 is 0. The molecule has 1 heteroatoms. The third kappa shape index (κ3) is 5.22. The molecule has 102 valence electrons. The Bertz CT molecular complexity index is 377. The van der Waals surface area contributed by atoms with E-state index in [0.29, 0.717) is 11.5 Å². The summed E-state index contributed by atoms with van der Waals surface area (Å²) in [6.45, 7) is 14.7. The quantitative estimate of drug-likeness (QED) is 0.792. The van der Waals surface area contributed by atoms with Gasteiger partial charge in [0.15, 0.2) is 0 Å². The van der Waals surface area contributed by atoms with Crippen LogP contribution in [0.3, 0.4) is 0 Å². The molecule has 0 saturated heterocycles. The molecule has 0 aliphatic carbocycles. The first kappa shape index (κ1) is 15.2. The Morgan fingerprint density at radius 3 is 2.44 bits per heavy atom. The van der Waals surface area contributed by atoms with Gasteiger partial charge in [0.25, 0.3) is 0 Å². The van der Waals surface area contributed by atoms with Gasteiger partial charge in [-0.3, -0.25) is 0 Å². The van der Waals surface area contributed by atoms with Crippen molar-refractivity contribution in [3.63, 3.8) is 0 Å². The predicted octanol–water partition coefficient (Wildman–Crippen LogP) is 4.26. The maximum absolute atomic E-state index is 3.51. The molecule has 0 aliphatic heterocycles. The lowest BCUT2D eigenvalue weighted by molar-refractivity contribution is 0.320. The molecule has 0 bridgehead atoms. The minimum Gasteiger partial charge on any atom is -0.315 e. The highest BCUT2D eigenvalue weighted by Gasteiger charge is 2.19. The topological polar surface area (TPSA) is 12.0 Å². The molecule has 0 atom stereocenters. The number of hydrogen-bond donors (Lipinski definition) is 1. The van der Waals surface area contributed by atoms with E-state index in [4.69, 9.17) is 0 Å². The van der Waals surface area contributed by atoms with Crippen LogP contribution in [-0.4, -0.2) is 12.6 Å². The van der Waals surface area contributed by atoms with E-state index in [2.05, 4.69) is 65.1 Å². The molecule has 1 aromatic carbocycles. The van der Waals surface area contributed by atoms with E-state index in [1.165, 1.54) is 29.5 Å². The van der Waals surface area contributed by atoms with Crippen LogP contribution in [0.25, 0.3) is 0 Å². The van der Waals surface area contributed by atoms with E-state index in [-0.39, 0.29) is 0 Å². The second kappa shape index (κ2) is 6.38. The van der Waals surface area contributed by atoms with E-state index in [9.17, 15) is 0 Å². The first-order valence-electron chi connectivity index (χ1n) is 7.10. The fourth-order valence-corrected chi connectivity index (χ4v) is 2.29. The van der Waals surface area contributed by atoms with Crippen molar-refractivity contribution in [2.75, 3.05) is 6.54 Å². The van der Waals surface area contributed by atoms with Crippen molar-refractivity contribution in [3.05, 3.63) is 34.9 Å². The van der Waals surface area contributed by atoms with E-state index in [0.717, 1.165) is 6.54 Å². The molecule has 0 aliphatic rings. The Hall–Kier alpha value is -0.820. The van der Waals surface area contributed by atoms with Crippen molar-refractivity contribution in [2.24, 2.45) is 5.41 Å². The number of aryl methyl sites for hydroxylation is 2. The number of rotatable bonds is 6. The van der Waals surface area contributed by atoms with Crippen molar-refractivity contribution < 1.29 is 0 Å². The summed E-state index contributed by atoms with van der Waals surface area (Å²) in [7, 11) is 0. The van der Waals surface area contributed by atoms with Crippen LogP contribution in [0.4, 0.5) is 0 Å². The monoisotopic (exact) mass is 247 g/mol. The van der Waals surface area contributed by atoms with Gasteiger partial charge in [-0.1, -0.05) is 51.5 Å². The second-order valence-corrected chi connectivity index (χ2v) is 6.63. The Balaban J connectivity index is 2.61. The van der Waals surface area contributed by atoms with Gasteiger partial charge in [0.05, 0.1) is 0 Å². The van der Waals surface area contributed by atoms with Crippen LogP contribution in [-0.2, 0) is 6.42 Å². The fourth-order valence-electron chi connectivity index (χ4n) is 2.29. The molecule has 18 heavy (non-hydrogen) atoms. The Labute approximate surface area is 113 Å². The standard InChI is InChI=1S/C17H29N/c1-13(2)18-10-9-17(5,6)12-16-11-14(3)7-8-15(16)4/h7-8,11,13,18H,9-10,12H2,1-6H3. The average Bonchev–Trinajstić information content (AvgIpc) is 2.22. The van der Waals surface area contributed by atoms with Crippen LogP contribution in [0.5, 0.6) is 0 Å².